The summed E-state index contributed by atoms with van der Waals surface area (Å²) in [7, 11) is -3.77. The summed E-state index contributed by atoms with van der Waals surface area (Å²) in [6, 6.07) is 11.3. The molecule has 0 aliphatic rings. The Hall–Kier alpha value is -3.04. The van der Waals surface area contributed by atoms with Crippen molar-refractivity contribution in [1.82, 2.24) is 15.0 Å². The number of fused-ring (bicyclic) bond motifs is 1. The molecule has 1 aromatic carbocycles. The molecule has 28 heavy (non-hydrogen) atoms. The van der Waals surface area contributed by atoms with E-state index in [1.807, 2.05) is 30.5 Å². The summed E-state index contributed by atoms with van der Waals surface area (Å²) in [5.41, 5.74) is 4.03. The van der Waals surface area contributed by atoms with Crippen LogP contribution in [0, 0.1) is 6.92 Å². The van der Waals surface area contributed by atoms with Gasteiger partial charge in [0.15, 0.2) is 10.8 Å². The summed E-state index contributed by atoms with van der Waals surface area (Å²) in [5, 5.41) is 7.11. The molecule has 0 saturated carbocycles. The first-order chi connectivity index (χ1) is 13.5. The molecule has 0 aliphatic carbocycles. The van der Waals surface area contributed by atoms with Crippen molar-refractivity contribution in [3.63, 3.8) is 0 Å². The molecule has 142 valence electrons. The van der Waals surface area contributed by atoms with Crippen molar-refractivity contribution in [2.75, 3.05) is 10.0 Å². The van der Waals surface area contributed by atoms with E-state index in [4.69, 9.17) is 0 Å². The molecule has 3 heterocycles. The lowest BCUT2D eigenvalue weighted by Gasteiger charge is -2.12. The first kappa shape index (κ1) is 18.3. The number of anilines is 2. The maximum Gasteiger partial charge on any atom is 0.280 e. The third kappa shape index (κ3) is 3.80. The molecule has 4 aromatic rings. The SMILES string of the molecule is Cc1nc(S(=O)(=O)Nc2cscn2)ccc1NCc1cccc2ccncc12. The Labute approximate surface area is 166 Å². The van der Waals surface area contributed by atoms with Crippen LogP contribution in [0.15, 0.2) is 64.7 Å². The predicted octanol–water partition coefficient (Wildman–Crippen LogP) is 3.81. The molecule has 0 unspecified atom stereocenters. The molecule has 9 heteroatoms. The molecule has 0 fully saturated rings. The van der Waals surface area contributed by atoms with Gasteiger partial charge in [-0.1, -0.05) is 18.2 Å². The minimum Gasteiger partial charge on any atom is -0.379 e. The number of aryl methyl sites for hydroxylation is 1. The summed E-state index contributed by atoms with van der Waals surface area (Å²) in [5.74, 6) is 0.288. The number of nitrogens with zero attached hydrogens (tertiary/aromatic N) is 3. The fourth-order valence-corrected chi connectivity index (χ4v) is 4.40. The van der Waals surface area contributed by atoms with Crippen molar-refractivity contribution in [3.8, 4) is 0 Å². The molecule has 0 radical (unpaired) electrons. The van der Waals surface area contributed by atoms with Gasteiger partial charge in [0.05, 0.1) is 16.9 Å². The van der Waals surface area contributed by atoms with Crippen LogP contribution in [0.1, 0.15) is 11.3 Å². The van der Waals surface area contributed by atoms with Crippen LogP contribution < -0.4 is 10.0 Å². The fourth-order valence-electron chi connectivity index (χ4n) is 2.85. The van der Waals surface area contributed by atoms with E-state index in [2.05, 4.69) is 25.0 Å². The van der Waals surface area contributed by atoms with E-state index in [1.54, 1.807) is 30.1 Å². The Morgan fingerprint density at radius 2 is 2.04 bits per heavy atom. The Morgan fingerprint density at radius 1 is 1.14 bits per heavy atom. The number of thiazole rings is 1. The highest BCUT2D eigenvalue weighted by Gasteiger charge is 2.18. The first-order valence-corrected chi connectivity index (χ1v) is 10.9. The lowest BCUT2D eigenvalue weighted by atomic mass is 10.1. The number of sulfonamides is 1. The number of aromatic nitrogens is 3. The van der Waals surface area contributed by atoms with Gasteiger partial charge in [0.25, 0.3) is 10.0 Å². The van der Waals surface area contributed by atoms with Gasteiger partial charge in [-0.25, -0.2) is 9.97 Å². The van der Waals surface area contributed by atoms with E-state index in [0.29, 0.717) is 12.2 Å². The van der Waals surface area contributed by atoms with Crippen molar-refractivity contribution >= 4 is 43.6 Å². The zero-order valence-corrected chi connectivity index (χ0v) is 16.6. The monoisotopic (exact) mass is 411 g/mol. The van der Waals surface area contributed by atoms with Crippen LogP contribution in [0.2, 0.25) is 0 Å². The Morgan fingerprint density at radius 3 is 2.82 bits per heavy atom. The van der Waals surface area contributed by atoms with E-state index in [-0.39, 0.29) is 10.8 Å². The van der Waals surface area contributed by atoms with Gasteiger partial charge >= 0.3 is 0 Å². The highest BCUT2D eigenvalue weighted by Crippen LogP contribution is 2.22. The molecule has 0 aliphatic heterocycles. The highest BCUT2D eigenvalue weighted by atomic mass is 32.2. The minimum atomic E-state index is -3.77. The minimum absolute atomic E-state index is 0.0436. The maximum absolute atomic E-state index is 12.5. The van der Waals surface area contributed by atoms with Crippen LogP contribution in [0.3, 0.4) is 0 Å². The summed E-state index contributed by atoms with van der Waals surface area (Å²) in [6.45, 7) is 2.35. The Balaban J connectivity index is 1.53. The summed E-state index contributed by atoms with van der Waals surface area (Å²) in [6.07, 6.45) is 3.61. The summed E-state index contributed by atoms with van der Waals surface area (Å²) < 4.78 is 27.3. The fraction of sp³-hybridized carbons (Fsp3) is 0.105. The molecule has 0 spiro atoms. The van der Waals surface area contributed by atoms with Gasteiger partial charge in [-0.2, -0.15) is 8.42 Å². The molecule has 2 N–H and O–H groups in total. The normalized spacial score (nSPS) is 11.5. The molecule has 4 rings (SSSR count). The molecule has 0 atom stereocenters. The second-order valence-corrected chi connectivity index (χ2v) is 8.48. The van der Waals surface area contributed by atoms with Crippen LogP contribution in [0.4, 0.5) is 11.5 Å². The van der Waals surface area contributed by atoms with Crippen LogP contribution in [0.25, 0.3) is 10.8 Å². The quantitative estimate of drug-likeness (QED) is 0.501. The van der Waals surface area contributed by atoms with Crippen LogP contribution >= 0.6 is 11.3 Å². The zero-order chi connectivity index (χ0) is 19.6. The number of nitrogens with one attached hydrogen (secondary N) is 2. The lowest BCUT2D eigenvalue weighted by molar-refractivity contribution is 0.597. The van der Waals surface area contributed by atoms with Crippen molar-refractivity contribution in [3.05, 3.63) is 70.9 Å². The van der Waals surface area contributed by atoms with E-state index in [9.17, 15) is 8.42 Å². The summed E-state index contributed by atoms with van der Waals surface area (Å²) >= 11 is 1.31. The average molecular weight is 412 g/mol. The second-order valence-electron chi connectivity index (χ2n) is 6.13. The van der Waals surface area contributed by atoms with Gasteiger partial charge in [-0.15, -0.1) is 11.3 Å². The number of rotatable bonds is 6. The van der Waals surface area contributed by atoms with Crippen molar-refractivity contribution < 1.29 is 8.42 Å². The molecule has 0 bridgehead atoms. The van der Waals surface area contributed by atoms with Crippen LogP contribution in [0.5, 0.6) is 0 Å². The molecule has 7 nitrogen and oxygen atoms in total. The Bertz CT molecular complexity index is 1220. The Kier molecular flexibility index (Phi) is 4.93. The van der Waals surface area contributed by atoms with E-state index in [0.717, 1.165) is 22.0 Å². The maximum atomic E-state index is 12.5. The van der Waals surface area contributed by atoms with Crippen molar-refractivity contribution in [2.24, 2.45) is 0 Å². The van der Waals surface area contributed by atoms with Gasteiger partial charge in [0, 0.05) is 29.7 Å². The van der Waals surface area contributed by atoms with E-state index < -0.39 is 10.0 Å². The zero-order valence-electron chi connectivity index (χ0n) is 15.0. The standard InChI is InChI=1S/C19H17N5O2S2/c1-13-17(21-9-15-4-2-3-14-7-8-20-10-16(14)15)5-6-19(23-13)28(25,26)24-18-11-27-12-22-18/h2-8,10-12,21,24H,9H2,1H3. The smallest absolute Gasteiger partial charge is 0.280 e. The van der Waals surface area contributed by atoms with Gasteiger partial charge in [0.2, 0.25) is 0 Å². The van der Waals surface area contributed by atoms with Gasteiger partial charge in [-0.3, -0.25) is 9.71 Å². The second kappa shape index (κ2) is 7.53. The third-order valence-corrected chi connectivity index (χ3v) is 6.09. The van der Waals surface area contributed by atoms with Gasteiger partial charge < -0.3 is 5.32 Å². The first-order valence-electron chi connectivity index (χ1n) is 8.47. The number of hydrogen-bond donors (Lipinski definition) is 2. The van der Waals surface area contributed by atoms with E-state index >= 15 is 0 Å². The molecular weight excluding hydrogens is 394 g/mol. The van der Waals surface area contributed by atoms with Crippen molar-refractivity contribution in [1.29, 1.82) is 0 Å². The lowest BCUT2D eigenvalue weighted by Crippen LogP contribution is -2.15. The number of benzene rings is 1. The van der Waals surface area contributed by atoms with Gasteiger partial charge in [0.1, 0.15) is 0 Å². The average Bonchev–Trinajstić information content (AvgIpc) is 3.19. The summed E-state index contributed by atoms with van der Waals surface area (Å²) in [4.78, 5) is 12.4. The van der Waals surface area contributed by atoms with E-state index in [1.165, 1.54) is 17.4 Å². The topological polar surface area (TPSA) is 96.9 Å². The molecule has 0 saturated heterocycles. The largest absolute Gasteiger partial charge is 0.379 e. The number of pyridine rings is 2. The van der Waals surface area contributed by atoms with Crippen LogP contribution in [-0.2, 0) is 16.6 Å². The van der Waals surface area contributed by atoms with Crippen molar-refractivity contribution in [2.45, 2.75) is 18.5 Å². The molecule has 0 amide bonds. The van der Waals surface area contributed by atoms with Gasteiger partial charge in [-0.05, 0) is 36.1 Å². The third-order valence-electron chi connectivity index (χ3n) is 4.25. The molecule has 3 aromatic heterocycles. The highest BCUT2D eigenvalue weighted by molar-refractivity contribution is 7.92. The van der Waals surface area contributed by atoms with Crippen LogP contribution in [-0.4, -0.2) is 23.4 Å². The molecular formula is C19H17N5O2S2. The number of hydrogen-bond acceptors (Lipinski definition) is 7. The predicted molar refractivity (Wildman–Crippen MR) is 111 cm³/mol.